The van der Waals surface area contributed by atoms with Gasteiger partial charge in [0.15, 0.2) is 0 Å². The van der Waals surface area contributed by atoms with Crippen LogP contribution in [0, 0.1) is 0 Å². The third-order valence-electron chi connectivity index (χ3n) is 7.52. The van der Waals surface area contributed by atoms with Crippen molar-refractivity contribution < 1.29 is 24.6 Å². The molecule has 2 aliphatic rings. The Balaban J connectivity index is 1.79. The first kappa shape index (κ1) is 27.6. The van der Waals surface area contributed by atoms with Crippen LogP contribution in [-0.2, 0) is 15.0 Å². The molecule has 2 fully saturated rings. The van der Waals surface area contributed by atoms with Gasteiger partial charge in [-0.1, -0.05) is 58.2 Å². The first-order chi connectivity index (χ1) is 18.1. The van der Waals surface area contributed by atoms with E-state index < -0.39 is 30.2 Å². The maximum atomic E-state index is 14.2. The predicted octanol–water partition coefficient (Wildman–Crippen LogP) is 4.02. The normalized spacial score (nSPS) is 21.1. The summed E-state index contributed by atoms with van der Waals surface area (Å²) in [7, 11) is 0. The lowest BCUT2D eigenvalue weighted by Crippen LogP contribution is -2.53. The van der Waals surface area contributed by atoms with Crippen LogP contribution in [0.15, 0.2) is 48.8 Å². The fourth-order valence-corrected chi connectivity index (χ4v) is 5.43. The Bertz CT molecular complexity index is 1130. The summed E-state index contributed by atoms with van der Waals surface area (Å²) in [5, 5.41) is 23.2. The van der Waals surface area contributed by atoms with Crippen LogP contribution in [0.3, 0.4) is 0 Å². The molecule has 1 aromatic carbocycles. The molecule has 1 unspecified atom stereocenters. The van der Waals surface area contributed by atoms with Gasteiger partial charge in [0.2, 0.25) is 5.91 Å². The number of nitrogens with zero attached hydrogens (tertiary/aromatic N) is 3. The lowest BCUT2D eigenvalue weighted by atomic mass is 9.87. The van der Waals surface area contributed by atoms with Gasteiger partial charge < -0.3 is 15.5 Å². The minimum absolute atomic E-state index is 0.0134. The van der Waals surface area contributed by atoms with E-state index in [0.29, 0.717) is 11.3 Å². The number of hydrogen-bond donors (Lipinski definition) is 3. The highest BCUT2D eigenvalue weighted by molar-refractivity contribution is 6.04. The van der Waals surface area contributed by atoms with Crippen molar-refractivity contribution >= 4 is 23.6 Å². The molecule has 0 radical (unpaired) electrons. The third-order valence-corrected chi connectivity index (χ3v) is 7.52. The molecule has 204 valence electrons. The Labute approximate surface area is 223 Å². The van der Waals surface area contributed by atoms with Gasteiger partial charge in [0.05, 0.1) is 12.6 Å². The smallest absolute Gasteiger partial charge is 0.408 e. The number of aromatic nitrogens is 1. The summed E-state index contributed by atoms with van der Waals surface area (Å²) in [6.07, 6.45) is 5.84. The van der Waals surface area contributed by atoms with Crippen molar-refractivity contribution in [3.05, 3.63) is 59.9 Å². The van der Waals surface area contributed by atoms with Crippen molar-refractivity contribution in [2.24, 2.45) is 0 Å². The Kier molecular flexibility index (Phi) is 8.35. The molecule has 38 heavy (non-hydrogen) atoms. The van der Waals surface area contributed by atoms with E-state index in [9.17, 15) is 24.6 Å². The minimum atomic E-state index is -1.28. The molecule has 3 amide bonds. The monoisotopic (exact) mass is 522 g/mol. The standard InChI is InChI=1S/C29H38N4O5/c1-29(2,3)20-11-13-22(14-12-20)33(27(36)24-16-23(34)18-32(24)28(37)38)25(19-8-7-15-30-17-19)26(35)31-21-9-5-4-6-10-21/h7-8,11-15,17,21,23-25,34H,4-6,9-10,16,18H2,1-3H3,(H,31,35)(H,37,38)/t23-,24-,25?/m1/s1. The molecular weight excluding hydrogens is 484 g/mol. The van der Waals surface area contributed by atoms with Gasteiger partial charge in [-0.05, 0) is 42.0 Å². The largest absolute Gasteiger partial charge is 0.465 e. The summed E-state index contributed by atoms with van der Waals surface area (Å²) < 4.78 is 0. The SMILES string of the molecule is CC(C)(C)c1ccc(N(C(=O)[C@H]2C[C@@H](O)CN2C(=O)O)C(C(=O)NC2CCCCC2)c2cccnc2)cc1. The van der Waals surface area contributed by atoms with Crippen LogP contribution in [0.25, 0.3) is 0 Å². The van der Waals surface area contributed by atoms with Crippen molar-refractivity contribution in [2.45, 2.75) is 88.9 Å². The molecule has 0 spiro atoms. The summed E-state index contributed by atoms with van der Waals surface area (Å²) in [4.78, 5) is 46.7. The Morgan fingerprint density at radius 2 is 1.76 bits per heavy atom. The number of anilines is 1. The van der Waals surface area contributed by atoms with Gasteiger partial charge in [-0.3, -0.25) is 24.4 Å². The summed E-state index contributed by atoms with van der Waals surface area (Å²) in [5.74, 6) is -0.890. The zero-order valence-electron chi connectivity index (χ0n) is 22.3. The zero-order chi connectivity index (χ0) is 27.4. The van der Waals surface area contributed by atoms with Crippen molar-refractivity contribution in [1.29, 1.82) is 0 Å². The molecule has 1 saturated heterocycles. The van der Waals surface area contributed by atoms with Crippen molar-refractivity contribution in [3.63, 3.8) is 0 Å². The lowest BCUT2D eigenvalue weighted by molar-refractivity contribution is -0.129. The number of rotatable bonds is 6. The van der Waals surface area contributed by atoms with Crippen LogP contribution < -0.4 is 10.2 Å². The number of carbonyl (C=O) groups excluding carboxylic acids is 2. The van der Waals surface area contributed by atoms with Crippen LogP contribution in [0.2, 0.25) is 0 Å². The second-order valence-corrected chi connectivity index (χ2v) is 11.4. The van der Waals surface area contributed by atoms with Gasteiger partial charge in [-0.25, -0.2) is 4.79 Å². The van der Waals surface area contributed by atoms with Gasteiger partial charge >= 0.3 is 6.09 Å². The highest BCUT2D eigenvalue weighted by atomic mass is 16.4. The number of β-amino-alcohol motifs (C(OH)–C–C–N with tert-alkyl or cyclic N) is 1. The Morgan fingerprint density at radius 1 is 1.08 bits per heavy atom. The molecule has 1 aliphatic heterocycles. The van der Waals surface area contributed by atoms with Gasteiger partial charge in [0.1, 0.15) is 12.1 Å². The van der Waals surface area contributed by atoms with Gasteiger partial charge in [-0.15, -0.1) is 0 Å². The number of amides is 3. The molecule has 9 heteroatoms. The molecule has 2 heterocycles. The number of likely N-dealkylation sites (tertiary alicyclic amines) is 1. The van der Waals surface area contributed by atoms with E-state index in [1.54, 1.807) is 36.7 Å². The van der Waals surface area contributed by atoms with E-state index in [2.05, 4.69) is 31.1 Å². The molecule has 2 aromatic rings. The average molecular weight is 523 g/mol. The number of benzene rings is 1. The summed E-state index contributed by atoms with van der Waals surface area (Å²) in [6, 6.07) is 8.74. The molecule has 3 atom stereocenters. The lowest BCUT2D eigenvalue weighted by Gasteiger charge is -2.36. The van der Waals surface area contributed by atoms with Crippen molar-refractivity contribution in [2.75, 3.05) is 11.4 Å². The van der Waals surface area contributed by atoms with Gasteiger partial charge in [-0.2, -0.15) is 0 Å². The number of aliphatic hydroxyl groups is 1. The summed E-state index contributed by atoms with van der Waals surface area (Å²) >= 11 is 0. The number of carboxylic acid groups (broad SMARTS) is 1. The van der Waals surface area contributed by atoms with E-state index in [1.807, 2.05) is 12.1 Å². The van der Waals surface area contributed by atoms with Crippen LogP contribution in [0.5, 0.6) is 0 Å². The molecule has 1 saturated carbocycles. The Hall–Kier alpha value is -3.46. The fraction of sp³-hybridized carbons (Fsp3) is 0.517. The third kappa shape index (κ3) is 6.15. The van der Waals surface area contributed by atoms with Crippen molar-refractivity contribution in [3.8, 4) is 0 Å². The molecule has 4 rings (SSSR count). The van der Waals surface area contributed by atoms with E-state index in [0.717, 1.165) is 42.6 Å². The number of aliphatic hydroxyl groups excluding tert-OH is 1. The van der Waals surface area contributed by atoms with Crippen LogP contribution in [0.1, 0.15) is 76.5 Å². The number of pyridine rings is 1. The maximum Gasteiger partial charge on any atom is 0.408 e. The molecule has 0 bridgehead atoms. The molecule has 3 N–H and O–H groups in total. The van der Waals surface area contributed by atoms with Crippen molar-refractivity contribution in [1.82, 2.24) is 15.2 Å². The molecule has 1 aromatic heterocycles. The van der Waals surface area contributed by atoms with Crippen LogP contribution in [0.4, 0.5) is 10.5 Å². The number of nitrogens with one attached hydrogen (secondary N) is 1. The first-order valence-electron chi connectivity index (χ1n) is 13.4. The highest BCUT2D eigenvalue weighted by Gasteiger charge is 2.44. The maximum absolute atomic E-state index is 14.2. The molecular formula is C29H38N4O5. The zero-order valence-corrected chi connectivity index (χ0v) is 22.3. The average Bonchev–Trinajstić information content (AvgIpc) is 3.29. The molecule has 1 aliphatic carbocycles. The van der Waals surface area contributed by atoms with E-state index in [-0.39, 0.29) is 30.3 Å². The summed E-state index contributed by atoms with van der Waals surface area (Å²) in [5.41, 5.74) is 1.93. The second kappa shape index (κ2) is 11.5. The minimum Gasteiger partial charge on any atom is -0.465 e. The van der Waals surface area contributed by atoms with Gasteiger partial charge in [0, 0.05) is 36.1 Å². The Morgan fingerprint density at radius 3 is 2.34 bits per heavy atom. The molecule has 9 nitrogen and oxygen atoms in total. The van der Waals surface area contributed by atoms with E-state index >= 15 is 0 Å². The van der Waals surface area contributed by atoms with Gasteiger partial charge in [0.25, 0.3) is 5.91 Å². The fourth-order valence-electron chi connectivity index (χ4n) is 5.43. The van der Waals surface area contributed by atoms with E-state index in [4.69, 9.17) is 0 Å². The topological polar surface area (TPSA) is 123 Å². The second-order valence-electron chi connectivity index (χ2n) is 11.4. The highest BCUT2D eigenvalue weighted by Crippen LogP contribution is 2.34. The first-order valence-corrected chi connectivity index (χ1v) is 13.4. The summed E-state index contributed by atoms with van der Waals surface area (Å²) in [6.45, 7) is 6.11. The number of carbonyl (C=O) groups is 3. The van der Waals surface area contributed by atoms with Crippen LogP contribution in [-0.4, -0.2) is 62.7 Å². The predicted molar refractivity (Wildman–Crippen MR) is 144 cm³/mol. The van der Waals surface area contributed by atoms with E-state index in [1.165, 1.54) is 4.90 Å². The quantitative estimate of drug-likeness (QED) is 0.527. The number of hydrogen-bond acceptors (Lipinski definition) is 5. The van der Waals surface area contributed by atoms with Crippen LogP contribution >= 0.6 is 0 Å².